The molecule has 21 nitrogen and oxygen atoms in total. The molecule has 0 aromatic heterocycles. The third-order valence-electron chi connectivity index (χ3n) is 9.72. The van der Waals surface area contributed by atoms with E-state index in [2.05, 4.69) is 0 Å². The number of hydrogen-bond donors (Lipinski definition) is 1. The summed E-state index contributed by atoms with van der Waals surface area (Å²) in [5.41, 5.74) is -1.39. The van der Waals surface area contributed by atoms with Crippen LogP contribution in [0.1, 0.15) is 112 Å². The van der Waals surface area contributed by atoms with Crippen LogP contribution in [0.2, 0.25) is 0 Å². The van der Waals surface area contributed by atoms with Gasteiger partial charge in [0.2, 0.25) is 18.0 Å². The van der Waals surface area contributed by atoms with Gasteiger partial charge < -0.3 is 61.9 Å². The Kier molecular flexibility index (Phi) is 18.8. The fourth-order valence-electron chi connectivity index (χ4n) is 7.31. The predicted octanol–water partition coefficient (Wildman–Crippen LogP) is 3.21. The zero-order valence-electron chi connectivity index (χ0n) is 37.4. The lowest BCUT2D eigenvalue weighted by atomic mass is 9.77. The Morgan fingerprint density at radius 3 is 1.59 bits per heavy atom. The average molecular weight is 899 g/mol. The van der Waals surface area contributed by atoms with Crippen LogP contribution < -0.4 is 4.74 Å². The number of aliphatic hydroxyl groups is 1. The monoisotopic (exact) mass is 898 g/mol. The molecule has 0 radical (unpaired) electrons. The standard InChI is InChI=1S/C42H58O21/c1-13-32(60-41(51)62-33-28(19(2)3)15-14-16-29(33)20(4)5)42(63-27(12)49)37(50)31(18-53-22(7)44)59-40(38(42)56-25(10)47)61-34-30(17-52-21(6)43)58-39(57-26(11)48)36(55-24(9)46)35(34)54-23(8)45/h14-16,19-20,30-32,34-40,50H,13,17-18H2,1-12H3/t30-,31-,32?,34-,35+,36-,37-,38+,39-,40-,42+/m1/s1. The first-order chi connectivity index (χ1) is 29.4. The summed E-state index contributed by atoms with van der Waals surface area (Å²) in [7, 11) is 0. The number of para-hydroxylation sites is 1. The van der Waals surface area contributed by atoms with Crippen LogP contribution in [0.4, 0.5) is 4.79 Å². The minimum atomic E-state index is -2.70. The van der Waals surface area contributed by atoms with Gasteiger partial charge >= 0.3 is 47.9 Å². The fraction of sp³-hybridized carbons (Fsp3) is 0.667. The molecule has 0 amide bonds. The van der Waals surface area contributed by atoms with E-state index in [1.54, 1.807) is 12.1 Å². The van der Waals surface area contributed by atoms with Crippen molar-refractivity contribution in [2.24, 2.45) is 0 Å². The van der Waals surface area contributed by atoms with Gasteiger partial charge in [0.25, 0.3) is 0 Å². The van der Waals surface area contributed by atoms with E-state index in [4.69, 9.17) is 56.8 Å². The Morgan fingerprint density at radius 1 is 0.635 bits per heavy atom. The zero-order chi connectivity index (χ0) is 47.5. The van der Waals surface area contributed by atoms with Gasteiger partial charge in [-0.05, 0) is 29.4 Å². The molecule has 1 aromatic carbocycles. The first-order valence-electron chi connectivity index (χ1n) is 20.2. The summed E-state index contributed by atoms with van der Waals surface area (Å²) in [6.07, 6.45) is -20.4. The van der Waals surface area contributed by atoms with Gasteiger partial charge in [0, 0.05) is 48.5 Å². The number of benzene rings is 1. The molecule has 0 aliphatic carbocycles. The van der Waals surface area contributed by atoms with Crippen LogP contribution in [0.5, 0.6) is 5.75 Å². The van der Waals surface area contributed by atoms with Crippen molar-refractivity contribution in [1.82, 2.24) is 0 Å². The molecule has 2 aliphatic rings. The van der Waals surface area contributed by atoms with Crippen LogP contribution in [-0.4, -0.2) is 133 Å². The second kappa shape index (κ2) is 22.8. The van der Waals surface area contributed by atoms with Gasteiger partial charge in [-0.15, -0.1) is 0 Å². The van der Waals surface area contributed by atoms with Crippen molar-refractivity contribution >= 4 is 47.9 Å². The number of aliphatic hydroxyl groups excluding tert-OH is 1. The van der Waals surface area contributed by atoms with Crippen LogP contribution in [-0.2, 0) is 85.7 Å². The SMILES string of the molecule is CCC(OC(=O)Oc1c(C(C)C)cccc1C(C)C)[C@]1(OC(C)=O)[C@H](O)[C@@H](COC(C)=O)O[C@H](O[C@H]2[C@H](OC(C)=O)[C@@H](OC(C)=O)[C@H](OC(C)=O)O[C@@H]2COC(C)=O)[C@@H]1OC(C)=O. The Bertz CT molecular complexity index is 1800. The normalized spacial score (nSPS) is 27.3. The number of hydrogen-bond acceptors (Lipinski definition) is 21. The number of rotatable bonds is 17. The van der Waals surface area contributed by atoms with Gasteiger partial charge in [-0.25, -0.2) is 4.79 Å². The van der Waals surface area contributed by atoms with Gasteiger partial charge in [0.05, 0.1) is 0 Å². The Labute approximate surface area is 364 Å². The van der Waals surface area contributed by atoms with Gasteiger partial charge in [-0.3, -0.25) is 33.6 Å². The van der Waals surface area contributed by atoms with Crippen LogP contribution >= 0.6 is 0 Å². The lowest BCUT2D eigenvalue weighted by molar-refractivity contribution is -0.380. The molecule has 1 N–H and O–H groups in total. The van der Waals surface area contributed by atoms with Crippen molar-refractivity contribution in [3.05, 3.63) is 29.3 Å². The molecular formula is C42H58O21. The molecule has 21 heteroatoms. The van der Waals surface area contributed by atoms with Gasteiger partial charge in [-0.1, -0.05) is 52.8 Å². The summed E-state index contributed by atoms with van der Waals surface area (Å²) in [6, 6.07) is 5.35. The van der Waals surface area contributed by atoms with Crippen LogP contribution in [0.15, 0.2) is 18.2 Å². The smallest absolute Gasteiger partial charge is 0.463 e. The minimum absolute atomic E-state index is 0.125. The van der Waals surface area contributed by atoms with E-state index < -0.39 is 128 Å². The second-order valence-corrected chi connectivity index (χ2v) is 15.4. The second-order valence-electron chi connectivity index (χ2n) is 15.4. The lowest BCUT2D eigenvalue weighted by Gasteiger charge is -2.54. The van der Waals surface area contributed by atoms with E-state index in [9.17, 15) is 43.5 Å². The molecule has 2 fully saturated rings. The third-order valence-corrected chi connectivity index (χ3v) is 9.72. The van der Waals surface area contributed by atoms with E-state index in [0.29, 0.717) is 11.1 Å². The molecule has 1 unspecified atom stereocenters. The molecule has 2 aliphatic heterocycles. The van der Waals surface area contributed by atoms with E-state index in [1.807, 2.05) is 33.8 Å². The number of carbonyl (C=O) groups is 8. The molecule has 3 rings (SSSR count). The van der Waals surface area contributed by atoms with Crippen LogP contribution in [0, 0.1) is 0 Å². The summed E-state index contributed by atoms with van der Waals surface area (Å²) in [5.74, 6) is -6.80. The maximum atomic E-state index is 14.0. The Hall–Kier alpha value is -5.38. The first-order valence-corrected chi connectivity index (χ1v) is 20.2. The quantitative estimate of drug-likeness (QED) is 0.134. The number of esters is 7. The summed E-state index contributed by atoms with van der Waals surface area (Å²) >= 11 is 0. The van der Waals surface area contributed by atoms with E-state index in [1.165, 1.54) is 6.92 Å². The number of ether oxygens (including phenoxy) is 12. The summed E-state index contributed by atoms with van der Waals surface area (Å²) in [6.45, 7) is 14.6. The fourth-order valence-corrected chi connectivity index (χ4v) is 7.31. The van der Waals surface area contributed by atoms with Crippen LogP contribution in [0.3, 0.4) is 0 Å². The molecule has 11 atom stereocenters. The van der Waals surface area contributed by atoms with Crippen molar-refractivity contribution < 1.29 is 100 Å². The van der Waals surface area contributed by atoms with E-state index in [0.717, 1.165) is 48.5 Å². The molecular weight excluding hydrogens is 840 g/mol. The highest BCUT2D eigenvalue weighted by Gasteiger charge is 2.68. The van der Waals surface area contributed by atoms with Crippen molar-refractivity contribution in [2.75, 3.05) is 13.2 Å². The maximum Gasteiger partial charge on any atom is 0.514 e. The molecule has 0 spiro atoms. The highest BCUT2D eigenvalue weighted by molar-refractivity contribution is 5.70. The van der Waals surface area contributed by atoms with Crippen LogP contribution in [0.25, 0.3) is 0 Å². The Balaban J connectivity index is 2.34. The minimum Gasteiger partial charge on any atom is -0.463 e. The molecule has 352 valence electrons. The van der Waals surface area contributed by atoms with Gasteiger partial charge in [0.15, 0.2) is 24.6 Å². The summed E-state index contributed by atoms with van der Waals surface area (Å²) in [5, 5.41) is 12.3. The molecule has 2 saturated heterocycles. The summed E-state index contributed by atoms with van der Waals surface area (Å²) < 4.78 is 68.6. The average Bonchev–Trinajstić information content (AvgIpc) is 3.16. The van der Waals surface area contributed by atoms with Gasteiger partial charge in [-0.2, -0.15) is 0 Å². The molecule has 1 aromatic rings. The lowest BCUT2D eigenvalue weighted by Crippen LogP contribution is -2.75. The van der Waals surface area contributed by atoms with Crippen molar-refractivity contribution in [3.8, 4) is 5.75 Å². The topological polar surface area (TPSA) is 268 Å². The van der Waals surface area contributed by atoms with Crippen molar-refractivity contribution in [1.29, 1.82) is 0 Å². The van der Waals surface area contributed by atoms with Gasteiger partial charge in [0.1, 0.15) is 43.4 Å². The first kappa shape index (κ1) is 52.0. The van der Waals surface area contributed by atoms with Crippen molar-refractivity contribution in [2.45, 2.75) is 168 Å². The summed E-state index contributed by atoms with van der Waals surface area (Å²) in [4.78, 5) is 102. The zero-order valence-corrected chi connectivity index (χ0v) is 37.4. The highest BCUT2D eigenvalue weighted by Crippen LogP contribution is 2.44. The Morgan fingerprint density at radius 2 is 1.13 bits per heavy atom. The number of carbonyl (C=O) groups excluding carboxylic acids is 8. The van der Waals surface area contributed by atoms with E-state index in [-0.39, 0.29) is 24.0 Å². The molecule has 2 heterocycles. The van der Waals surface area contributed by atoms with E-state index >= 15 is 0 Å². The molecule has 63 heavy (non-hydrogen) atoms. The third kappa shape index (κ3) is 13.6. The highest BCUT2D eigenvalue weighted by atomic mass is 16.8. The van der Waals surface area contributed by atoms with Crippen molar-refractivity contribution in [3.63, 3.8) is 0 Å². The molecule has 0 bridgehead atoms. The predicted molar refractivity (Wildman–Crippen MR) is 210 cm³/mol. The molecule has 0 saturated carbocycles. The largest absolute Gasteiger partial charge is 0.514 e. The maximum absolute atomic E-state index is 14.0.